The van der Waals surface area contributed by atoms with Gasteiger partial charge in [0.2, 0.25) is 0 Å². The minimum Gasteiger partial charge on any atom is -0.466 e. The molecule has 0 heterocycles. The molecule has 0 saturated heterocycles. The molecule has 0 amide bonds. The molecule has 0 radical (unpaired) electrons. The van der Waals surface area contributed by atoms with Gasteiger partial charge in [-0.3, -0.25) is 4.79 Å². The number of esters is 1. The smallest absolute Gasteiger partial charge is 0.306 e. The van der Waals surface area contributed by atoms with Gasteiger partial charge in [-0.15, -0.1) is 11.6 Å². The molecule has 0 spiro atoms. The average molecular weight is 165 g/mol. The highest BCUT2D eigenvalue weighted by Crippen LogP contribution is 2.04. The van der Waals surface area contributed by atoms with Crippen LogP contribution in [0.15, 0.2) is 0 Å². The molecule has 0 bridgehead atoms. The van der Waals surface area contributed by atoms with Crippen molar-refractivity contribution in [1.29, 1.82) is 0 Å². The molecule has 0 aliphatic carbocycles. The van der Waals surface area contributed by atoms with Gasteiger partial charge in [-0.25, -0.2) is 0 Å². The second-order valence-electron chi connectivity index (χ2n) is 2.27. The second kappa shape index (κ2) is 5.54. The number of alkyl halides is 1. The van der Waals surface area contributed by atoms with Gasteiger partial charge < -0.3 is 4.74 Å². The second-order valence-corrected chi connectivity index (χ2v) is 2.58. The first-order valence-corrected chi connectivity index (χ1v) is 3.95. The summed E-state index contributed by atoms with van der Waals surface area (Å²) in [6.07, 6.45) is 0.428. The molecule has 0 aromatic rings. The van der Waals surface area contributed by atoms with Crippen molar-refractivity contribution in [1.82, 2.24) is 0 Å². The summed E-state index contributed by atoms with van der Waals surface area (Å²) >= 11 is 5.49. The molecule has 0 rings (SSSR count). The number of ether oxygens (including phenoxy) is 1. The lowest BCUT2D eigenvalue weighted by atomic mass is 10.1. The minimum atomic E-state index is -0.157. The molecule has 0 aromatic carbocycles. The van der Waals surface area contributed by atoms with Gasteiger partial charge in [0.15, 0.2) is 0 Å². The minimum absolute atomic E-state index is 0.157. The zero-order chi connectivity index (χ0) is 7.98. The van der Waals surface area contributed by atoms with Crippen LogP contribution >= 0.6 is 11.6 Å². The van der Waals surface area contributed by atoms with Crippen LogP contribution in [0.5, 0.6) is 0 Å². The summed E-state index contributed by atoms with van der Waals surface area (Å²) in [7, 11) is 0. The van der Waals surface area contributed by atoms with E-state index in [0.717, 1.165) is 0 Å². The molecule has 2 nitrogen and oxygen atoms in total. The monoisotopic (exact) mass is 164 g/mol. The molecule has 60 valence electrons. The van der Waals surface area contributed by atoms with E-state index in [2.05, 4.69) is 0 Å². The zero-order valence-corrected chi connectivity index (χ0v) is 7.15. The van der Waals surface area contributed by atoms with Crippen molar-refractivity contribution in [3.05, 3.63) is 0 Å². The fourth-order valence-corrected chi connectivity index (χ4v) is 0.668. The molecule has 0 aliphatic rings. The fraction of sp³-hybridized carbons (Fsp3) is 0.857. The molecule has 0 aromatic heterocycles. The molecule has 10 heavy (non-hydrogen) atoms. The van der Waals surface area contributed by atoms with Gasteiger partial charge in [-0.1, -0.05) is 6.92 Å². The van der Waals surface area contributed by atoms with Crippen molar-refractivity contribution in [2.24, 2.45) is 5.92 Å². The van der Waals surface area contributed by atoms with E-state index in [-0.39, 0.29) is 11.9 Å². The van der Waals surface area contributed by atoms with E-state index in [9.17, 15) is 4.79 Å². The van der Waals surface area contributed by atoms with Crippen LogP contribution in [-0.4, -0.2) is 18.5 Å². The number of carbonyl (C=O) groups excluding carboxylic acids is 1. The van der Waals surface area contributed by atoms with Gasteiger partial charge in [0.25, 0.3) is 0 Å². The number of hydrogen-bond donors (Lipinski definition) is 0. The summed E-state index contributed by atoms with van der Waals surface area (Å²) in [5, 5.41) is 0. The third-order valence-electron chi connectivity index (χ3n) is 1.08. The van der Waals surface area contributed by atoms with Gasteiger partial charge in [0.05, 0.1) is 6.61 Å². The Kier molecular flexibility index (Phi) is 5.40. The summed E-state index contributed by atoms with van der Waals surface area (Å²) in [6, 6.07) is 0. The van der Waals surface area contributed by atoms with E-state index in [1.807, 2.05) is 6.92 Å². The molecule has 1 unspecified atom stereocenters. The van der Waals surface area contributed by atoms with Crippen molar-refractivity contribution in [3.8, 4) is 0 Å². The fourth-order valence-electron chi connectivity index (χ4n) is 0.559. The molecule has 0 N–H and O–H groups in total. The first kappa shape index (κ1) is 9.76. The van der Waals surface area contributed by atoms with Gasteiger partial charge in [0.1, 0.15) is 0 Å². The zero-order valence-electron chi connectivity index (χ0n) is 6.39. The Morgan fingerprint density at radius 3 is 2.70 bits per heavy atom. The number of rotatable bonds is 4. The van der Waals surface area contributed by atoms with Crippen molar-refractivity contribution in [2.75, 3.05) is 12.5 Å². The Morgan fingerprint density at radius 2 is 2.30 bits per heavy atom. The van der Waals surface area contributed by atoms with Gasteiger partial charge >= 0.3 is 5.97 Å². The standard InChI is InChI=1S/C7H13ClO2/c1-3-10-7(9)4-6(2)5-8/h6H,3-5H2,1-2H3. The van der Waals surface area contributed by atoms with E-state index >= 15 is 0 Å². The van der Waals surface area contributed by atoms with E-state index in [4.69, 9.17) is 16.3 Å². The van der Waals surface area contributed by atoms with Gasteiger partial charge in [-0.05, 0) is 12.8 Å². The Balaban J connectivity index is 3.37. The number of hydrogen-bond acceptors (Lipinski definition) is 2. The maximum atomic E-state index is 10.7. The first-order valence-electron chi connectivity index (χ1n) is 3.42. The summed E-state index contributed by atoms with van der Waals surface area (Å²) in [5.41, 5.74) is 0. The SMILES string of the molecule is CCOC(=O)CC(C)CCl. The summed E-state index contributed by atoms with van der Waals surface area (Å²) in [4.78, 5) is 10.7. The quantitative estimate of drug-likeness (QED) is 0.468. The normalized spacial score (nSPS) is 12.7. The van der Waals surface area contributed by atoms with Crippen molar-refractivity contribution in [2.45, 2.75) is 20.3 Å². The predicted octanol–water partition coefficient (Wildman–Crippen LogP) is 1.81. The van der Waals surface area contributed by atoms with Crippen LogP contribution < -0.4 is 0 Å². The molecule has 3 heteroatoms. The molecule has 0 fully saturated rings. The van der Waals surface area contributed by atoms with E-state index < -0.39 is 0 Å². The average Bonchev–Trinajstić information content (AvgIpc) is 1.88. The van der Waals surface area contributed by atoms with Crippen molar-refractivity contribution < 1.29 is 9.53 Å². The van der Waals surface area contributed by atoms with Gasteiger partial charge in [-0.2, -0.15) is 0 Å². The number of carbonyl (C=O) groups is 1. The van der Waals surface area contributed by atoms with Crippen molar-refractivity contribution in [3.63, 3.8) is 0 Å². The highest BCUT2D eigenvalue weighted by Gasteiger charge is 2.07. The van der Waals surface area contributed by atoms with E-state index in [1.165, 1.54) is 0 Å². The Bertz CT molecular complexity index is 104. The van der Waals surface area contributed by atoms with Crippen LogP contribution in [0.3, 0.4) is 0 Å². The number of halogens is 1. The van der Waals surface area contributed by atoms with Crippen LogP contribution in [0, 0.1) is 5.92 Å². The Labute approximate surface area is 66.5 Å². The van der Waals surface area contributed by atoms with Crippen LogP contribution in [0.25, 0.3) is 0 Å². The highest BCUT2D eigenvalue weighted by atomic mass is 35.5. The maximum Gasteiger partial charge on any atom is 0.306 e. The largest absolute Gasteiger partial charge is 0.466 e. The summed E-state index contributed by atoms with van der Waals surface area (Å²) < 4.78 is 4.72. The van der Waals surface area contributed by atoms with Crippen LogP contribution in [0.2, 0.25) is 0 Å². The predicted molar refractivity (Wildman–Crippen MR) is 41.1 cm³/mol. The molecule has 0 saturated carbocycles. The lowest BCUT2D eigenvalue weighted by Crippen LogP contribution is -2.09. The van der Waals surface area contributed by atoms with Crippen LogP contribution in [-0.2, 0) is 9.53 Å². The Morgan fingerprint density at radius 1 is 1.70 bits per heavy atom. The van der Waals surface area contributed by atoms with E-state index in [1.54, 1.807) is 6.92 Å². The highest BCUT2D eigenvalue weighted by molar-refractivity contribution is 6.18. The Hall–Kier alpha value is -0.240. The summed E-state index contributed by atoms with van der Waals surface area (Å²) in [6.45, 7) is 4.17. The third-order valence-corrected chi connectivity index (χ3v) is 1.61. The van der Waals surface area contributed by atoms with Crippen molar-refractivity contribution >= 4 is 17.6 Å². The molecular weight excluding hydrogens is 152 g/mol. The lowest BCUT2D eigenvalue weighted by molar-refractivity contribution is -0.143. The first-order chi connectivity index (χ1) is 4.70. The van der Waals surface area contributed by atoms with E-state index in [0.29, 0.717) is 18.9 Å². The molecule has 1 atom stereocenters. The van der Waals surface area contributed by atoms with Gasteiger partial charge in [0, 0.05) is 12.3 Å². The topological polar surface area (TPSA) is 26.3 Å². The summed E-state index contributed by atoms with van der Waals surface area (Å²) in [5.74, 6) is 0.579. The molecular formula is C7H13ClO2. The maximum absolute atomic E-state index is 10.7. The lowest BCUT2D eigenvalue weighted by Gasteiger charge is -2.05. The van der Waals surface area contributed by atoms with Crippen LogP contribution in [0.1, 0.15) is 20.3 Å². The third kappa shape index (κ3) is 4.62. The van der Waals surface area contributed by atoms with Crippen LogP contribution in [0.4, 0.5) is 0 Å². The molecule has 0 aliphatic heterocycles.